The summed E-state index contributed by atoms with van der Waals surface area (Å²) in [7, 11) is 0. The molecule has 2 aromatic heterocycles. The number of carbonyl (C=O) groups excluding carboxylic acids is 1. The van der Waals surface area contributed by atoms with E-state index in [2.05, 4.69) is 26.0 Å². The van der Waals surface area contributed by atoms with Crippen LogP contribution in [0.2, 0.25) is 0 Å². The molecule has 3 heterocycles. The van der Waals surface area contributed by atoms with Gasteiger partial charge in [0.1, 0.15) is 5.60 Å². The zero-order valence-electron chi connectivity index (χ0n) is 14.0. The third-order valence-electron chi connectivity index (χ3n) is 4.05. The lowest BCUT2D eigenvalue weighted by Gasteiger charge is -2.33. The van der Waals surface area contributed by atoms with Gasteiger partial charge in [-0.05, 0) is 49.5 Å². The van der Waals surface area contributed by atoms with E-state index < -0.39 is 5.60 Å². The number of amides is 1. The van der Waals surface area contributed by atoms with E-state index in [0.717, 1.165) is 23.0 Å². The molecule has 0 spiro atoms. The molecule has 0 bridgehead atoms. The van der Waals surface area contributed by atoms with E-state index in [0.29, 0.717) is 18.7 Å². The van der Waals surface area contributed by atoms with Crippen molar-refractivity contribution in [1.82, 2.24) is 19.5 Å². The predicted octanol–water partition coefficient (Wildman–Crippen LogP) is 2.90. The fourth-order valence-electron chi connectivity index (χ4n) is 2.96. The second kappa shape index (κ2) is 6.23. The number of nitrogens with zero attached hydrogens (tertiary/aromatic N) is 3. The first kappa shape index (κ1) is 17.0. The normalized spacial score (nSPS) is 16.6. The van der Waals surface area contributed by atoms with E-state index in [-0.39, 0.29) is 17.6 Å². The Hall–Kier alpha value is -1.83. The summed E-state index contributed by atoms with van der Waals surface area (Å²) < 4.78 is 7.94. The van der Waals surface area contributed by atoms with Crippen LogP contribution in [0.1, 0.15) is 45.2 Å². The number of ether oxygens (including phenoxy) is 1. The minimum atomic E-state index is -0.492. The largest absolute Gasteiger partial charge is 0.444 e. The van der Waals surface area contributed by atoms with E-state index in [4.69, 9.17) is 4.74 Å². The number of piperidine rings is 1. The standard InChI is InChI=1S/C16H21BrN4O3/c1-16(2,3)24-15(23)20-6-4-10(5-7-20)12-8-13(22)19-14-11(17)9-18-21(12)14/h8-10H,4-7H2,1-3H3,(H,19,22). The predicted molar refractivity (Wildman–Crippen MR) is 93.3 cm³/mol. The highest BCUT2D eigenvalue weighted by Crippen LogP contribution is 2.29. The van der Waals surface area contributed by atoms with Crippen LogP contribution in [-0.4, -0.2) is 44.3 Å². The lowest BCUT2D eigenvalue weighted by Crippen LogP contribution is -2.41. The molecule has 0 unspecified atom stereocenters. The zero-order valence-corrected chi connectivity index (χ0v) is 15.6. The van der Waals surface area contributed by atoms with Crippen LogP contribution in [0.25, 0.3) is 5.65 Å². The van der Waals surface area contributed by atoms with Gasteiger partial charge in [-0.3, -0.25) is 4.79 Å². The molecular weight excluding hydrogens is 376 g/mol. The fraction of sp³-hybridized carbons (Fsp3) is 0.562. The second-order valence-corrected chi connectivity index (χ2v) is 7.91. The fourth-order valence-corrected chi connectivity index (χ4v) is 3.32. The topological polar surface area (TPSA) is 79.7 Å². The average molecular weight is 397 g/mol. The third kappa shape index (κ3) is 3.48. The van der Waals surface area contributed by atoms with Crippen LogP contribution in [-0.2, 0) is 4.74 Å². The quantitative estimate of drug-likeness (QED) is 0.803. The van der Waals surface area contributed by atoms with E-state index >= 15 is 0 Å². The van der Waals surface area contributed by atoms with Crippen molar-refractivity contribution in [3.05, 3.63) is 32.8 Å². The first-order valence-corrected chi connectivity index (χ1v) is 8.78. The molecule has 8 heteroatoms. The molecule has 1 saturated heterocycles. The molecule has 7 nitrogen and oxygen atoms in total. The summed E-state index contributed by atoms with van der Waals surface area (Å²) >= 11 is 3.39. The van der Waals surface area contributed by atoms with Crippen LogP contribution in [0, 0.1) is 0 Å². The van der Waals surface area contributed by atoms with Gasteiger partial charge in [-0.1, -0.05) is 0 Å². The Morgan fingerprint density at radius 3 is 2.67 bits per heavy atom. The molecule has 0 aliphatic carbocycles. The van der Waals surface area contributed by atoms with Crippen molar-refractivity contribution in [3.63, 3.8) is 0 Å². The van der Waals surface area contributed by atoms with Gasteiger partial charge in [0.05, 0.1) is 16.4 Å². The van der Waals surface area contributed by atoms with Crippen molar-refractivity contribution in [1.29, 1.82) is 0 Å². The molecule has 1 amide bonds. The Kier molecular flexibility index (Phi) is 4.42. The van der Waals surface area contributed by atoms with Gasteiger partial charge in [0.25, 0.3) is 5.56 Å². The monoisotopic (exact) mass is 396 g/mol. The number of fused-ring (bicyclic) bond motifs is 1. The summed E-state index contributed by atoms with van der Waals surface area (Å²) in [5, 5.41) is 4.33. The molecule has 0 saturated carbocycles. The van der Waals surface area contributed by atoms with E-state index in [1.807, 2.05) is 20.8 Å². The lowest BCUT2D eigenvalue weighted by atomic mass is 9.93. The molecule has 1 N–H and O–H groups in total. The highest BCUT2D eigenvalue weighted by atomic mass is 79.9. The SMILES string of the molecule is CC(C)(C)OC(=O)N1CCC(c2cc(=O)[nH]c3c(Br)cnn23)CC1. The Morgan fingerprint density at radius 1 is 1.38 bits per heavy atom. The van der Waals surface area contributed by atoms with Gasteiger partial charge >= 0.3 is 6.09 Å². The zero-order chi connectivity index (χ0) is 17.5. The summed E-state index contributed by atoms with van der Waals surface area (Å²) in [5.41, 5.74) is 0.900. The number of nitrogens with one attached hydrogen (secondary N) is 1. The number of H-pyrrole nitrogens is 1. The molecule has 1 fully saturated rings. The molecule has 1 aliphatic rings. The van der Waals surface area contributed by atoms with E-state index in [1.165, 1.54) is 0 Å². The maximum absolute atomic E-state index is 12.2. The van der Waals surface area contributed by atoms with Gasteiger partial charge < -0.3 is 14.6 Å². The van der Waals surface area contributed by atoms with Crippen LogP contribution in [0.5, 0.6) is 0 Å². The summed E-state index contributed by atoms with van der Waals surface area (Å²) in [6.07, 6.45) is 2.94. The molecule has 0 radical (unpaired) electrons. The van der Waals surface area contributed by atoms with Crippen LogP contribution in [0.4, 0.5) is 4.79 Å². The van der Waals surface area contributed by atoms with Gasteiger partial charge in [0, 0.05) is 25.1 Å². The van der Waals surface area contributed by atoms with Gasteiger partial charge in [-0.25, -0.2) is 9.31 Å². The number of carbonyl (C=O) groups is 1. The molecule has 1 aliphatic heterocycles. The number of aromatic amines is 1. The Bertz CT molecular complexity index is 813. The number of hydrogen-bond donors (Lipinski definition) is 1. The Labute approximate surface area is 148 Å². The number of hydrogen-bond acceptors (Lipinski definition) is 4. The van der Waals surface area contributed by atoms with Crippen LogP contribution in [0.15, 0.2) is 21.5 Å². The molecule has 0 aromatic carbocycles. The van der Waals surface area contributed by atoms with Gasteiger partial charge in [-0.15, -0.1) is 0 Å². The van der Waals surface area contributed by atoms with Crippen molar-refractivity contribution in [2.24, 2.45) is 0 Å². The smallest absolute Gasteiger partial charge is 0.410 e. The minimum absolute atomic E-state index is 0.145. The van der Waals surface area contributed by atoms with Crippen LogP contribution < -0.4 is 5.56 Å². The molecule has 130 valence electrons. The first-order valence-electron chi connectivity index (χ1n) is 7.99. The van der Waals surface area contributed by atoms with Crippen molar-refractivity contribution in [2.75, 3.05) is 13.1 Å². The third-order valence-corrected chi connectivity index (χ3v) is 4.63. The van der Waals surface area contributed by atoms with Gasteiger partial charge in [0.15, 0.2) is 5.65 Å². The summed E-state index contributed by atoms with van der Waals surface area (Å²) in [4.78, 5) is 28.6. The van der Waals surface area contributed by atoms with E-state index in [1.54, 1.807) is 21.7 Å². The average Bonchev–Trinajstić information content (AvgIpc) is 2.86. The number of rotatable bonds is 1. The van der Waals surface area contributed by atoms with Crippen molar-refractivity contribution >= 4 is 27.7 Å². The van der Waals surface area contributed by atoms with Gasteiger partial charge in [0.2, 0.25) is 0 Å². The van der Waals surface area contributed by atoms with Crippen molar-refractivity contribution < 1.29 is 9.53 Å². The maximum Gasteiger partial charge on any atom is 0.410 e. The molecular formula is C16H21BrN4O3. The first-order chi connectivity index (χ1) is 11.2. The van der Waals surface area contributed by atoms with Gasteiger partial charge in [-0.2, -0.15) is 5.10 Å². The second-order valence-electron chi connectivity index (χ2n) is 7.05. The summed E-state index contributed by atoms with van der Waals surface area (Å²) in [6.45, 7) is 6.80. The maximum atomic E-state index is 12.2. The minimum Gasteiger partial charge on any atom is -0.444 e. The number of likely N-dealkylation sites (tertiary alicyclic amines) is 1. The van der Waals surface area contributed by atoms with Crippen LogP contribution in [0.3, 0.4) is 0 Å². The molecule has 3 rings (SSSR count). The van der Waals surface area contributed by atoms with Crippen molar-refractivity contribution in [2.45, 2.75) is 45.1 Å². The summed E-state index contributed by atoms with van der Waals surface area (Å²) in [5.74, 6) is 0.181. The highest BCUT2D eigenvalue weighted by Gasteiger charge is 2.29. The molecule has 2 aromatic rings. The van der Waals surface area contributed by atoms with Crippen LogP contribution >= 0.6 is 15.9 Å². The van der Waals surface area contributed by atoms with E-state index in [9.17, 15) is 9.59 Å². The highest BCUT2D eigenvalue weighted by molar-refractivity contribution is 9.10. The number of halogens is 1. The summed E-state index contributed by atoms with van der Waals surface area (Å²) in [6, 6.07) is 1.60. The van der Waals surface area contributed by atoms with Crippen molar-refractivity contribution in [3.8, 4) is 0 Å². The number of aromatic nitrogens is 3. The molecule has 24 heavy (non-hydrogen) atoms. The molecule has 0 atom stereocenters. The Morgan fingerprint density at radius 2 is 2.04 bits per heavy atom. The lowest BCUT2D eigenvalue weighted by molar-refractivity contribution is 0.0203. The Balaban J connectivity index is 1.76.